The second kappa shape index (κ2) is 6.83. The number of aliphatic carboxylic acids is 1. The SMILES string of the molecule is CSCCC(NC(=O)c1c(C)nc2cccc(C)n12)C(=O)O. The second-order valence-electron chi connectivity index (χ2n) is 5.05. The molecule has 1 amide bonds. The molecule has 0 aromatic carbocycles. The van der Waals surface area contributed by atoms with E-state index in [-0.39, 0.29) is 0 Å². The summed E-state index contributed by atoms with van der Waals surface area (Å²) < 4.78 is 1.75. The van der Waals surface area contributed by atoms with Gasteiger partial charge in [0, 0.05) is 5.69 Å². The maximum absolute atomic E-state index is 12.5. The van der Waals surface area contributed by atoms with Gasteiger partial charge in [-0.2, -0.15) is 11.8 Å². The van der Waals surface area contributed by atoms with Crippen molar-refractivity contribution in [3.8, 4) is 0 Å². The Morgan fingerprint density at radius 1 is 1.41 bits per heavy atom. The van der Waals surface area contributed by atoms with E-state index in [2.05, 4.69) is 10.3 Å². The molecule has 0 aliphatic carbocycles. The molecule has 0 bridgehead atoms. The Balaban J connectivity index is 2.33. The highest BCUT2D eigenvalue weighted by Gasteiger charge is 2.24. The smallest absolute Gasteiger partial charge is 0.326 e. The van der Waals surface area contributed by atoms with Crippen molar-refractivity contribution in [1.29, 1.82) is 0 Å². The lowest BCUT2D eigenvalue weighted by Gasteiger charge is -2.14. The molecule has 0 saturated carbocycles. The molecule has 0 radical (unpaired) electrons. The van der Waals surface area contributed by atoms with Gasteiger partial charge in [-0.25, -0.2) is 9.78 Å². The van der Waals surface area contributed by atoms with Gasteiger partial charge >= 0.3 is 5.97 Å². The first-order chi connectivity index (χ1) is 10.5. The fourth-order valence-electron chi connectivity index (χ4n) is 2.35. The van der Waals surface area contributed by atoms with Crippen LogP contribution in [0, 0.1) is 13.8 Å². The Morgan fingerprint density at radius 3 is 2.77 bits per heavy atom. The van der Waals surface area contributed by atoms with Gasteiger partial charge in [-0.1, -0.05) is 6.07 Å². The number of imidazole rings is 1. The van der Waals surface area contributed by atoms with Crippen LogP contribution in [0.2, 0.25) is 0 Å². The zero-order valence-corrected chi connectivity index (χ0v) is 13.6. The van der Waals surface area contributed by atoms with Crippen LogP contribution in [0.15, 0.2) is 18.2 Å². The molecule has 2 N–H and O–H groups in total. The van der Waals surface area contributed by atoms with E-state index in [1.54, 1.807) is 23.1 Å². The zero-order chi connectivity index (χ0) is 16.3. The van der Waals surface area contributed by atoms with Gasteiger partial charge in [0.2, 0.25) is 0 Å². The standard InChI is InChI=1S/C15H19N3O3S/c1-9-5-4-6-12-16-10(2)13(18(9)12)14(19)17-11(15(20)21)7-8-22-3/h4-6,11H,7-8H2,1-3H3,(H,17,19)(H,20,21). The lowest BCUT2D eigenvalue weighted by molar-refractivity contribution is -0.139. The van der Waals surface area contributed by atoms with Crippen LogP contribution in [0.5, 0.6) is 0 Å². The molecule has 2 rings (SSSR count). The summed E-state index contributed by atoms with van der Waals surface area (Å²) in [6, 6.07) is 4.68. The number of pyridine rings is 1. The molecule has 0 spiro atoms. The molecule has 2 heterocycles. The molecule has 0 saturated heterocycles. The highest BCUT2D eigenvalue weighted by Crippen LogP contribution is 2.15. The number of nitrogens with one attached hydrogen (secondary N) is 1. The van der Waals surface area contributed by atoms with E-state index in [1.807, 2.05) is 31.4 Å². The lowest BCUT2D eigenvalue weighted by atomic mass is 10.2. The van der Waals surface area contributed by atoms with Crippen molar-refractivity contribution < 1.29 is 14.7 Å². The lowest BCUT2D eigenvalue weighted by Crippen LogP contribution is -2.41. The minimum Gasteiger partial charge on any atom is -0.480 e. The number of amides is 1. The third-order valence-electron chi connectivity index (χ3n) is 3.44. The highest BCUT2D eigenvalue weighted by atomic mass is 32.2. The van der Waals surface area contributed by atoms with Crippen molar-refractivity contribution in [2.24, 2.45) is 0 Å². The summed E-state index contributed by atoms with van der Waals surface area (Å²) in [4.78, 5) is 28.2. The molecule has 22 heavy (non-hydrogen) atoms. The zero-order valence-electron chi connectivity index (χ0n) is 12.8. The molecule has 2 aromatic rings. The van der Waals surface area contributed by atoms with E-state index in [0.29, 0.717) is 29.2 Å². The molecular formula is C15H19N3O3S. The first kappa shape index (κ1) is 16.4. The summed E-state index contributed by atoms with van der Waals surface area (Å²) in [6.07, 6.45) is 2.29. The van der Waals surface area contributed by atoms with Crippen molar-refractivity contribution in [1.82, 2.24) is 14.7 Å². The van der Waals surface area contributed by atoms with Crippen LogP contribution < -0.4 is 5.32 Å². The van der Waals surface area contributed by atoms with Gasteiger partial charge in [0.25, 0.3) is 5.91 Å². The largest absolute Gasteiger partial charge is 0.480 e. The second-order valence-corrected chi connectivity index (χ2v) is 6.04. The van der Waals surface area contributed by atoms with Gasteiger partial charge in [0.1, 0.15) is 17.4 Å². The minimum atomic E-state index is -1.02. The summed E-state index contributed by atoms with van der Waals surface area (Å²) in [5.74, 6) is -0.763. The normalized spacial score (nSPS) is 12.3. The summed E-state index contributed by atoms with van der Waals surface area (Å²) in [6.45, 7) is 3.63. The molecule has 1 atom stereocenters. The van der Waals surface area contributed by atoms with Crippen molar-refractivity contribution >= 4 is 29.3 Å². The number of hydrogen-bond donors (Lipinski definition) is 2. The number of aromatic nitrogens is 2. The third-order valence-corrected chi connectivity index (χ3v) is 4.09. The number of thioether (sulfide) groups is 1. The first-order valence-electron chi connectivity index (χ1n) is 6.93. The van der Waals surface area contributed by atoms with Gasteiger partial charge in [-0.15, -0.1) is 0 Å². The summed E-state index contributed by atoms with van der Waals surface area (Å²) in [5, 5.41) is 11.8. The molecular weight excluding hydrogens is 302 g/mol. The number of carbonyl (C=O) groups excluding carboxylic acids is 1. The fraction of sp³-hybridized carbons (Fsp3) is 0.400. The van der Waals surface area contributed by atoms with Crippen molar-refractivity contribution in [3.63, 3.8) is 0 Å². The average Bonchev–Trinajstić information content (AvgIpc) is 2.80. The van der Waals surface area contributed by atoms with Crippen LogP contribution in [-0.4, -0.2) is 44.4 Å². The van der Waals surface area contributed by atoms with Crippen LogP contribution in [0.25, 0.3) is 5.65 Å². The van der Waals surface area contributed by atoms with Gasteiger partial charge in [-0.05, 0) is 44.4 Å². The predicted molar refractivity (Wildman–Crippen MR) is 86.6 cm³/mol. The Morgan fingerprint density at radius 2 is 2.14 bits per heavy atom. The Labute approximate surface area is 132 Å². The van der Waals surface area contributed by atoms with E-state index in [1.165, 1.54) is 0 Å². The summed E-state index contributed by atoms with van der Waals surface area (Å²) >= 11 is 1.55. The number of aryl methyl sites for hydroxylation is 2. The van der Waals surface area contributed by atoms with E-state index in [0.717, 1.165) is 5.69 Å². The topological polar surface area (TPSA) is 83.7 Å². The quantitative estimate of drug-likeness (QED) is 0.849. The number of rotatable bonds is 6. The van der Waals surface area contributed by atoms with E-state index < -0.39 is 17.9 Å². The number of carboxylic acids is 1. The van der Waals surface area contributed by atoms with Gasteiger partial charge in [0.05, 0.1) is 5.69 Å². The summed E-state index contributed by atoms with van der Waals surface area (Å²) in [5.41, 5.74) is 2.53. The Kier molecular flexibility index (Phi) is 5.07. The molecule has 2 aromatic heterocycles. The highest BCUT2D eigenvalue weighted by molar-refractivity contribution is 7.98. The van der Waals surface area contributed by atoms with Crippen LogP contribution in [0.1, 0.15) is 28.3 Å². The van der Waals surface area contributed by atoms with Crippen molar-refractivity contribution in [2.75, 3.05) is 12.0 Å². The van der Waals surface area contributed by atoms with E-state index in [4.69, 9.17) is 0 Å². The number of nitrogens with zero attached hydrogens (tertiary/aromatic N) is 2. The maximum Gasteiger partial charge on any atom is 0.326 e. The maximum atomic E-state index is 12.5. The number of carbonyl (C=O) groups is 2. The van der Waals surface area contributed by atoms with E-state index >= 15 is 0 Å². The third kappa shape index (κ3) is 3.24. The van der Waals surface area contributed by atoms with Crippen LogP contribution in [0.4, 0.5) is 0 Å². The molecule has 118 valence electrons. The van der Waals surface area contributed by atoms with Gasteiger partial charge in [0.15, 0.2) is 0 Å². The van der Waals surface area contributed by atoms with Crippen LogP contribution in [0.3, 0.4) is 0 Å². The monoisotopic (exact) mass is 321 g/mol. The predicted octanol–water partition coefficient (Wildman–Crippen LogP) is 1.89. The first-order valence-corrected chi connectivity index (χ1v) is 8.32. The number of carboxylic acid groups (broad SMARTS) is 1. The fourth-order valence-corrected chi connectivity index (χ4v) is 2.82. The Hall–Kier alpha value is -2.02. The Bertz CT molecular complexity index is 711. The van der Waals surface area contributed by atoms with Crippen molar-refractivity contribution in [2.45, 2.75) is 26.3 Å². The molecule has 1 unspecified atom stereocenters. The van der Waals surface area contributed by atoms with E-state index in [9.17, 15) is 14.7 Å². The van der Waals surface area contributed by atoms with Gasteiger partial charge < -0.3 is 10.4 Å². The molecule has 0 aliphatic rings. The summed E-state index contributed by atoms with van der Waals surface area (Å²) in [7, 11) is 0. The van der Waals surface area contributed by atoms with Crippen molar-refractivity contribution in [3.05, 3.63) is 35.3 Å². The number of fused-ring (bicyclic) bond motifs is 1. The minimum absolute atomic E-state index is 0.386. The van der Waals surface area contributed by atoms with Gasteiger partial charge in [-0.3, -0.25) is 9.20 Å². The van der Waals surface area contributed by atoms with Crippen LogP contribution >= 0.6 is 11.8 Å². The van der Waals surface area contributed by atoms with Crippen LogP contribution in [-0.2, 0) is 4.79 Å². The average molecular weight is 321 g/mol. The molecule has 6 nitrogen and oxygen atoms in total. The molecule has 0 fully saturated rings. The molecule has 7 heteroatoms. The number of hydrogen-bond acceptors (Lipinski definition) is 4. The molecule has 0 aliphatic heterocycles.